The molecule has 68 valence electrons. The molecule has 13 heavy (non-hydrogen) atoms. The smallest absolute Gasteiger partial charge is 0.225 e. The second kappa shape index (κ2) is 3.21. The summed E-state index contributed by atoms with van der Waals surface area (Å²) in [5, 5.41) is 2.53. The Morgan fingerprint density at radius 1 is 1.54 bits per heavy atom. The first-order valence-electron chi connectivity index (χ1n) is 3.81. The Bertz CT molecular complexity index is 381. The van der Waals surface area contributed by atoms with E-state index >= 15 is 0 Å². The number of carbonyl (C=O) groups is 1. The van der Waals surface area contributed by atoms with Crippen LogP contribution in [0.4, 0.5) is 10.2 Å². The predicted molar refractivity (Wildman–Crippen MR) is 53.9 cm³/mol. The molecule has 1 aliphatic rings. The lowest BCUT2D eigenvalue weighted by molar-refractivity contribution is -0.116. The van der Waals surface area contributed by atoms with Gasteiger partial charge >= 0.3 is 0 Å². The first kappa shape index (κ1) is 8.86. The molecule has 0 spiro atoms. The summed E-state index contributed by atoms with van der Waals surface area (Å²) >= 11 is 1.89. The standard InChI is InChI=1S/C8H6FIN2O/c9-7-4-1-2-6(13)12-8(4)11-3-5(7)10/h3H,1-2H2,(H,11,12,13). The van der Waals surface area contributed by atoms with E-state index in [-0.39, 0.29) is 11.7 Å². The van der Waals surface area contributed by atoms with Gasteiger partial charge in [0.05, 0.1) is 3.57 Å². The van der Waals surface area contributed by atoms with Crippen LogP contribution in [0.5, 0.6) is 0 Å². The van der Waals surface area contributed by atoms with Crippen molar-refractivity contribution >= 4 is 34.3 Å². The van der Waals surface area contributed by atoms with Gasteiger partial charge in [-0.3, -0.25) is 4.79 Å². The number of nitrogens with one attached hydrogen (secondary N) is 1. The minimum Gasteiger partial charge on any atom is -0.310 e. The molecule has 0 atom stereocenters. The zero-order valence-electron chi connectivity index (χ0n) is 6.60. The lowest BCUT2D eigenvalue weighted by Crippen LogP contribution is -2.21. The van der Waals surface area contributed by atoms with E-state index in [0.717, 1.165) is 0 Å². The van der Waals surface area contributed by atoms with E-state index < -0.39 is 0 Å². The van der Waals surface area contributed by atoms with Crippen LogP contribution >= 0.6 is 22.6 Å². The van der Waals surface area contributed by atoms with Crippen molar-refractivity contribution in [3.63, 3.8) is 0 Å². The van der Waals surface area contributed by atoms with Gasteiger partial charge in [0.2, 0.25) is 5.91 Å². The van der Waals surface area contributed by atoms with Gasteiger partial charge in [0.1, 0.15) is 11.6 Å². The first-order chi connectivity index (χ1) is 6.18. The molecule has 0 radical (unpaired) electrons. The average Bonchev–Trinajstić information content (AvgIpc) is 2.12. The molecule has 0 aromatic carbocycles. The summed E-state index contributed by atoms with van der Waals surface area (Å²) in [5.41, 5.74) is 0.520. The number of aromatic nitrogens is 1. The lowest BCUT2D eigenvalue weighted by Gasteiger charge is -2.16. The second-order valence-corrected chi connectivity index (χ2v) is 3.96. The zero-order valence-corrected chi connectivity index (χ0v) is 8.76. The van der Waals surface area contributed by atoms with Gasteiger partial charge in [-0.15, -0.1) is 0 Å². The molecule has 5 heteroatoms. The van der Waals surface area contributed by atoms with E-state index in [0.29, 0.717) is 27.8 Å². The SMILES string of the molecule is O=C1CCc2c(ncc(I)c2F)N1. The topological polar surface area (TPSA) is 42.0 Å². The minimum absolute atomic E-state index is 0.0967. The maximum absolute atomic E-state index is 13.4. The Morgan fingerprint density at radius 2 is 2.31 bits per heavy atom. The van der Waals surface area contributed by atoms with Gasteiger partial charge in [-0.2, -0.15) is 0 Å². The molecule has 1 aromatic rings. The molecule has 0 saturated heterocycles. The van der Waals surface area contributed by atoms with Gasteiger partial charge in [-0.05, 0) is 29.0 Å². The molecule has 0 fully saturated rings. The Kier molecular flexibility index (Phi) is 2.19. The van der Waals surface area contributed by atoms with Crippen molar-refractivity contribution < 1.29 is 9.18 Å². The third kappa shape index (κ3) is 1.52. The molecule has 2 rings (SSSR count). The van der Waals surface area contributed by atoms with Crippen molar-refractivity contribution in [1.29, 1.82) is 0 Å². The van der Waals surface area contributed by atoms with Crippen molar-refractivity contribution in [1.82, 2.24) is 4.98 Å². The van der Waals surface area contributed by atoms with Crippen molar-refractivity contribution in [2.24, 2.45) is 0 Å². The van der Waals surface area contributed by atoms with Crippen LogP contribution in [0.2, 0.25) is 0 Å². The van der Waals surface area contributed by atoms with Crippen LogP contribution < -0.4 is 5.32 Å². The van der Waals surface area contributed by atoms with Crippen molar-refractivity contribution in [2.75, 3.05) is 5.32 Å². The zero-order chi connectivity index (χ0) is 9.42. The molecular weight excluding hydrogens is 286 g/mol. The summed E-state index contributed by atoms with van der Waals surface area (Å²) in [4.78, 5) is 14.9. The number of nitrogens with zero attached hydrogens (tertiary/aromatic N) is 1. The first-order valence-corrected chi connectivity index (χ1v) is 4.89. The summed E-state index contributed by atoms with van der Waals surface area (Å²) in [6, 6.07) is 0. The molecule has 1 aromatic heterocycles. The van der Waals surface area contributed by atoms with Crippen LogP contribution in [0.1, 0.15) is 12.0 Å². The highest BCUT2D eigenvalue weighted by atomic mass is 127. The summed E-state index contributed by atoms with van der Waals surface area (Å²) in [6.45, 7) is 0. The Hall–Kier alpha value is -0.720. The fourth-order valence-electron chi connectivity index (χ4n) is 1.27. The maximum Gasteiger partial charge on any atom is 0.225 e. The molecule has 1 amide bonds. The molecular formula is C8H6FIN2O. The van der Waals surface area contributed by atoms with Crippen molar-refractivity contribution in [3.8, 4) is 0 Å². The summed E-state index contributed by atoms with van der Waals surface area (Å²) < 4.78 is 13.9. The summed E-state index contributed by atoms with van der Waals surface area (Å²) in [5.74, 6) is 0.0142. The van der Waals surface area contributed by atoms with Crippen LogP contribution in [-0.2, 0) is 11.2 Å². The van der Waals surface area contributed by atoms with Gasteiger partial charge in [-0.1, -0.05) is 0 Å². The minimum atomic E-state index is -0.259. The Balaban J connectivity index is 2.53. The number of hydrogen-bond donors (Lipinski definition) is 1. The highest BCUT2D eigenvalue weighted by Gasteiger charge is 2.20. The van der Waals surface area contributed by atoms with E-state index in [9.17, 15) is 9.18 Å². The van der Waals surface area contributed by atoms with Crippen LogP contribution in [0.3, 0.4) is 0 Å². The largest absolute Gasteiger partial charge is 0.310 e. The van der Waals surface area contributed by atoms with Gasteiger partial charge in [0.15, 0.2) is 0 Å². The van der Waals surface area contributed by atoms with Crippen LogP contribution in [0.15, 0.2) is 6.20 Å². The van der Waals surface area contributed by atoms with Crippen LogP contribution in [0, 0.1) is 9.39 Å². The molecule has 2 heterocycles. The molecule has 0 bridgehead atoms. The molecule has 3 nitrogen and oxygen atoms in total. The maximum atomic E-state index is 13.4. The summed E-state index contributed by atoms with van der Waals surface area (Å²) in [7, 11) is 0. The van der Waals surface area contributed by atoms with Crippen LogP contribution in [0.25, 0.3) is 0 Å². The van der Waals surface area contributed by atoms with Crippen molar-refractivity contribution in [2.45, 2.75) is 12.8 Å². The quantitative estimate of drug-likeness (QED) is 0.740. The average molecular weight is 292 g/mol. The number of pyridine rings is 1. The number of anilines is 1. The Morgan fingerprint density at radius 3 is 3.08 bits per heavy atom. The molecule has 0 aliphatic carbocycles. The van der Waals surface area contributed by atoms with E-state index in [1.165, 1.54) is 6.20 Å². The van der Waals surface area contributed by atoms with E-state index in [2.05, 4.69) is 10.3 Å². The van der Waals surface area contributed by atoms with Gasteiger partial charge in [0, 0.05) is 18.2 Å². The van der Waals surface area contributed by atoms with Crippen molar-refractivity contribution in [3.05, 3.63) is 21.1 Å². The molecule has 0 saturated carbocycles. The highest BCUT2D eigenvalue weighted by molar-refractivity contribution is 14.1. The fraction of sp³-hybridized carbons (Fsp3) is 0.250. The van der Waals surface area contributed by atoms with Gasteiger partial charge in [0.25, 0.3) is 0 Å². The van der Waals surface area contributed by atoms with E-state index in [4.69, 9.17) is 0 Å². The lowest BCUT2D eigenvalue weighted by atomic mass is 10.1. The number of amides is 1. The third-order valence-corrected chi connectivity index (χ3v) is 2.68. The van der Waals surface area contributed by atoms with E-state index in [1.807, 2.05) is 22.6 Å². The van der Waals surface area contributed by atoms with Crippen LogP contribution in [-0.4, -0.2) is 10.9 Å². The second-order valence-electron chi connectivity index (χ2n) is 2.80. The van der Waals surface area contributed by atoms with Gasteiger partial charge < -0.3 is 5.32 Å². The number of halogens is 2. The molecule has 1 N–H and O–H groups in total. The monoisotopic (exact) mass is 292 g/mol. The Labute approximate surface area is 87.9 Å². The predicted octanol–water partition coefficient (Wildman–Crippen LogP) is 1.71. The molecule has 0 unspecified atom stereocenters. The summed E-state index contributed by atoms with van der Waals surface area (Å²) in [6.07, 6.45) is 2.20. The number of hydrogen-bond acceptors (Lipinski definition) is 2. The fourth-order valence-corrected chi connectivity index (χ4v) is 1.74. The third-order valence-electron chi connectivity index (χ3n) is 1.93. The van der Waals surface area contributed by atoms with Gasteiger partial charge in [-0.25, -0.2) is 9.37 Å². The molecule has 1 aliphatic heterocycles. The van der Waals surface area contributed by atoms with E-state index in [1.54, 1.807) is 0 Å². The number of fused-ring (bicyclic) bond motifs is 1. The highest BCUT2D eigenvalue weighted by Crippen LogP contribution is 2.25. The number of rotatable bonds is 0. The number of carbonyl (C=O) groups excluding carboxylic acids is 1. The normalized spacial score (nSPS) is 15.1.